The summed E-state index contributed by atoms with van der Waals surface area (Å²) >= 11 is 0. The molecule has 0 spiro atoms. The Labute approximate surface area is 368 Å². The third kappa shape index (κ3) is 43.3. The standard InChI is InChI=1S/C51H87N2O6P/c1-6-8-10-12-14-16-17-18-19-20-21-22-23-24-25-26-27-28-29-30-31-32-33-34-35-37-39-41-43-45-51(55)52-49(48-59-60(56,57)58-47-46-53(3,4)5)50(54)44-42-40-38-36-15-13-11-9-7-2/h8,10,14,16,18-19,21-22,24-25,27-28,30-31,33-34,37,39,49-50,54H,6-7,9,11-13,15,17,20,23,26,29,32,35-36,38,40-48H2,1-5H3,(H-,52,55,56,57)/b10-8-,16-14-,19-18-,22-21-,25-24-,28-27-,31-30-,34-33-,39-37-. The molecule has 0 saturated heterocycles. The molecule has 0 heterocycles. The quantitative estimate of drug-likeness (QED) is 0.0275. The molecule has 342 valence electrons. The Balaban J connectivity index is 4.34. The van der Waals surface area contributed by atoms with E-state index >= 15 is 0 Å². The van der Waals surface area contributed by atoms with Gasteiger partial charge in [-0.15, -0.1) is 0 Å². The van der Waals surface area contributed by atoms with Crippen LogP contribution < -0.4 is 10.2 Å². The first-order valence-corrected chi connectivity index (χ1v) is 24.7. The summed E-state index contributed by atoms with van der Waals surface area (Å²) in [6, 6.07) is -0.837. The van der Waals surface area contributed by atoms with Crippen molar-refractivity contribution in [3.05, 3.63) is 109 Å². The van der Waals surface area contributed by atoms with Crippen molar-refractivity contribution in [2.75, 3.05) is 40.9 Å². The number of phosphoric ester groups is 1. The Kier molecular flexibility index (Phi) is 39.5. The van der Waals surface area contributed by atoms with E-state index in [1.807, 2.05) is 21.1 Å². The fourth-order valence-electron chi connectivity index (χ4n) is 5.86. The lowest BCUT2D eigenvalue weighted by molar-refractivity contribution is -0.870. The van der Waals surface area contributed by atoms with Crippen molar-refractivity contribution in [1.29, 1.82) is 0 Å². The summed E-state index contributed by atoms with van der Waals surface area (Å²) in [5, 5.41) is 13.8. The van der Waals surface area contributed by atoms with E-state index in [1.54, 1.807) is 0 Å². The van der Waals surface area contributed by atoms with Crippen LogP contribution in [0, 0.1) is 0 Å². The zero-order valence-corrected chi connectivity index (χ0v) is 39.5. The van der Waals surface area contributed by atoms with Gasteiger partial charge in [-0.05, 0) is 77.0 Å². The predicted octanol–water partition coefficient (Wildman–Crippen LogP) is 12.7. The zero-order chi connectivity index (χ0) is 44.3. The summed E-state index contributed by atoms with van der Waals surface area (Å²) in [4.78, 5) is 25.3. The van der Waals surface area contributed by atoms with Crippen LogP contribution in [0.25, 0.3) is 0 Å². The molecule has 0 aliphatic heterocycles. The second-order valence-corrected chi connectivity index (χ2v) is 17.8. The number of likely N-dealkylation sites (N-methyl/N-ethyl adjacent to an activating group) is 1. The number of amides is 1. The van der Waals surface area contributed by atoms with Crippen LogP contribution in [0.4, 0.5) is 0 Å². The molecule has 3 unspecified atom stereocenters. The number of nitrogens with one attached hydrogen (secondary N) is 1. The maximum Gasteiger partial charge on any atom is 0.268 e. The van der Waals surface area contributed by atoms with Gasteiger partial charge in [-0.1, -0.05) is 181 Å². The third-order valence-corrected chi connectivity index (χ3v) is 10.5. The molecule has 2 N–H and O–H groups in total. The molecule has 0 aromatic rings. The fourth-order valence-corrected chi connectivity index (χ4v) is 6.58. The summed E-state index contributed by atoms with van der Waals surface area (Å²) < 4.78 is 23.2. The summed E-state index contributed by atoms with van der Waals surface area (Å²) in [7, 11) is 1.24. The SMILES string of the molecule is CC/C=C\C/C=C\C/C=C\C/C=C\C/C=C\C/C=C\C/C=C\C/C=C\C/C=C\CCCC(=O)NC(COP(=O)([O-])OCC[N+](C)(C)C)C(O)CCCCCCCCCCC. The maximum absolute atomic E-state index is 12.8. The molecule has 0 aliphatic carbocycles. The fraction of sp³-hybridized carbons (Fsp3) is 0.627. The number of allylic oxidation sites excluding steroid dienone is 18. The Morgan fingerprint density at radius 1 is 0.600 bits per heavy atom. The van der Waals surface area contributed by atoms with Gasteiger partial charge < -0.3 is 28.8 Å². The minimum absolute atomic E-state index is 0.00557. The number of hydrogen-bond acceptors (Lipinski definition) is 6. The van der Waals surface area contributed by atoms with Crippen LogP contribution in [-0.2, 0) is 18.4 Å². The van der Waals surface area contributed by atoms with E-state index < -0.39 is 20.0 Å². The molecule has 3 atom stereocenters. The minimum Gasteiger partial charge on any atom is -0.756 e. The molecule has 60 heavy (non-hydrogen) atoms. The number of rotatable bonds is 40. The smallest absolute Gasteiger partial charge is 0.268 e. The molecule has 0 fully saturated rings. The molecule has 0 aliphatic rings. The van der Waals surface area contributed by atoms with Crippen molar-refractivity contribution in [1.82, 2.24) is 5.32 Å². The highest BCUT2D eigenvalue weighted by atomic mass is 31.2. The van der Waals surface area contributed by atoms with Gasteiger partial charge in [0, 0.05) is 6.42 Å². The number of quaternary nitrogens is 1. The van der Waals surface area contributed by atoms with Crippen LogP contribution in [0.5, 0.6) is 0 Å². The molecule has 0 radical (unpaired) electrons. The average molecular weight is 855 g/mol. The molecular weight excluding hydrogens is 768 g/mol. The van der Waals surface area contributed by atoms with Crippen LogP contribution in [0.2, 0.25) is 0 Å². The molecule has 0 rings (SSSR count). The minimum atomic E-state index is -4.58. The molecule has 0 aromatic carbocycles. The van der Waals surface area contributed by atoms with Gasteiger partial charge in [-0.3, -0.25) is 9.36 Å². The van der Waals surface area contributed by atoms with Gasteiger partial charge >= 0.3 is 0 Å². The van der Waals surface area contributed by atoms with Gasteiger partial charge in [0.15, 0.2) is 0 Å². The number of aliphatic hydroxyl groups excluding tert-OH is 1. The monoisotopic (exact) mass is 855 g/mol. The van der Waals surface area contributed by atoms with E-state index in [1.165, 1.54) is 38.5 Å². The van der Waals surface area contributed by atoms with E-state index in [0.717, 1.165) is 83.5 Å². The number of carbonyl (C=O) groups is 1. The van der Waals surface area contributed by atoms with Crippen LogP contribution >= 0.6 is 7.82 Å². The molecule has 8 nitrogen and oxygen atoms in total. The highest BCUT2D eigenvalue weighted by Gasteiger charge is 2.24. The third-order valence-electron chi connectivity index (χ3n) is 9.53. The van der Waals surface area contributed by atoms with Crippen molar-refractivity contribution in [2.45, 2.75) is 167 Å². The highest BCUT2D eigenvalue weighted by molar-refractivity contribution is 7.45. The van der Waals surface area contributed by atoms with Crippen LogP contribution in [0.3, 0.4) is 0 Å². The van der Waals surface area contributed by atoms with Crippen molar-refractivity contribution in [3.8, 4) is 0 Å². The van der Waals surface area contributed by atoms with E-state index in [9.17, 15) is 19.4 Å². The number of nitrogens with zero attached hydrogens (tertiary/aromatic N) is 1. The first-order valence-electron chi connectivity index (χ1n) is 23.2. The molecule has 9 heteroatoms. The van der Waals surface area contributed by atoms with E-state index in [-0.39, 0.29) is 25.5 Å². The lowest BCUT2D eigenvalue weighted by atomic mass is 10.0. The van der Waals surface area contributed by atoms with E-state index in [0.29, 0.717) is 23.9 Å². The normalized spacial score (nSPS) is 15.2. The van der Waals surface area contributed by atoms with Gasteiger partial charge in [-0.2, -0.15) is 0 Å². The van der Waals surface area contributed by atoms with Gasteiger partial charge in [0.05, 0.1) is 39.9 Å². The van der Waals surface area contributed by atoms with Crippen molar-refractivity contribution < 1.29 is 32.9 Å². The zero-order valence-electron chi connectivity index (χ0n) is 38.6. The Morgan fingerprint density at radius 3 is 1.42 bits per heavy atom. The summed E-state index contributed by atoms with van der Waals surface area (Å²) in [6.07, 6.45) is 59.8. The predicted molar refractivity (Wildman–Crippen MR) is 256 cm³/mol. The number of aliphatic hydroxyl groups is 1. The van der Waals surface area contributed by atoms with Crippen LogP contribution in [0.1, 0.15) is 155 Å². The topological polar surface area (TPSA) is 108 Å². The van der Waals surface area contributed by atoms with Gasteiger partial charge in [0.25, 0.3) is 7.82 Å². The molecule has 0 bridgehead atoms. The number of hydrogen-bond donors (Lipinski definition) is 2. The molecule has 0 saturated carbocycles. The molecular formula is C51H87N2O6P. The summed E-state index contributed by atoms with van der Waals surface area (Å²) in [5.41, 5.74) is 0. The highest BCUT2D eigenvalue weighted by Crippen LogP contribution is 2.38. The number of unbranched alkanes of at least 4 members (excludes halogenated alkanes) is 9. The average Bonchev–Trinajstić information content (AvgIpc) is 3.20. The number of carbonyl (C=O) groups excluding carboxylic acids is 1. The van der Waals surface area contributed by atoms with Gasteiger partial charge in [0.1, 0.15) is 13.2 Å². The second-order valence-electron chi connectivity index (χ2n) is 16.4. The Bertz CT molecular complexity index is 1340. The van der Waals surface area contributed by atoms with Crippen LogP contribution in [-0.4, -0.2) is 68.5 Å². The van der Waals surface area contributed by atoms with Gasteiger partial charge in [-0.25, -0.2) is 0 Å². The van der Waals surface area contributed by atoms with Crippen molar-refractivity contribution in [3.63, 3.8) is 0 Å². The van der Waals surface area contributed by atoms with E-state index in [4.69, 9.17) is 9.05 Å². The number of phosphoric acid groups is 1. The Hall–Kier alpha value is -2.84. The molecule has 0 aromatic heterocycles. The summed E-state index contributed by atoms with van der Waals surface area (Å²) in [5.74, 6) is -0.231. The van der Waals surface area contributed by atoms with Crippen molar-refractivity contribution >= 4 is 13.7 Å². The maximum atomic E-state index is 12.8. The largest absolute Gasteiger partial charge is 0.756 e. The van der Waals surface area contributed by atoms with E-state index in [2.05, 4.69) is 129 Å². The summed E-state index contributed by atoms with van der Waals surface area (Å²) in [6.45, 7) is 4.50. The second kappa shape index (κ2) is 41.5. The lowest BCUT2D eigenvalue weighted by Crippen LogP contribution is -2.46. The van der Waals surface area contributed by atoms with Gasteiger partial charge in [0.2, 0.25) is 5.91 Å². The van der Waals surface area contributed by atoms with Crippen LogP contribution in [0.15, 0.2) is 109 Å². The Morgan fingerprint density at radius 2 is 1.00 bits per heavy atom. The first-order chi connectivity index (χ1) is 29.0. The van der Waals surface area contributed by atoms with Crippen molar-refractivity contribution in [2.24, 2.45) is 0 Å². The lowest BCUT2D eigenvalue weighted by Gasteiger charge is -2.30. The molecule has 1 amide bonds. The first kappa shape index (κ1) is 57.2.